The first-order chi connectivity index (χ1) is 13.9. The predicted octanol–water partition coefficient (Wildman–Crippen LogP) is 4.35. The van der Waals surface area contributed by atoms with E-state index in [1.54, 1.807) is 14.0 Å². The number of benzene rings is 3. The Bertz CT molecular complexity index is 1290. The zero-order chi connectivity index (χ0) is 20.5. The summed E-state index contributed by atoms with van der Waals surface area (Å²) in [5.41, 5.74) is 0.950. The standard InChI is InChI=1S/C22H18FN3O2S/c1-13(20(27)24-17-9-7-16(23)8-10-17)29-22-25-19-12-15-6-4-3-5-14(15)11-18(19)21(28)26(22)2/h3-13H,1-2H3,(H,24,27)/t13-/m0/s1. The zero-order valence-electron chi connectivity index (χ0n) is 15.8. The molecule has 0 bridgehead atoms. The maximum absolute atomic E-state index is 13.0. The molecule has 0 unspecified atom stereocenters. The number of nitrogens with zero attached hydrogens (tertiary/aromatic N) is 2. The van der Waals surface area contributed by atoms with E-state index in [1.807, 2.05) is 36.4 Å². The molecule has 7 heteroatoms. The number of thioether (sulfide) groups is 1. The van der Waals surface area contributed by atoms with Gasteiger partial charge in [0.15, 0.2) is 5.16 Å². The lowest BCUT2D eigenvalue weighted by atomic mass is 10.1. The van der Waals surface area contributed by atoms with Crippen LogP contribution >= 0.6 is 11.8 Å². The Morgan fingerprint density at radius 3 is 2.45 bits per heavy atom. The first-order valence-corrected chi connectivity index (χ1v) is 9.93. The van der Waals surface area contributed by atoms with Crippen molar-refractivity contribution in [1.82, 2.24) is 9.55 Å². The summed E-state index contributed by atoms with van der Waals surface area (Å²) in [5.74, 6) is -0.622. The van der Waals surface area contributed by atoms with Gasteiger partial charge in [-0.1, -0.05) is 36.0 Å². The summed E-state index contributed by atoms with van der Waals surface area (Å²) in [5, 5.41) is 5.21. The molecule has 146 valence electrons. The summed E-state index contributed by atoms with van der Waals surface area (Å²) < 4.78 is 14.5. The van der Waals surface area contributed by atoms with Crippen LogP contribution in [0.1, 0.15) is 6.92 Å². The fraction of sp³-hybridized carbons (Fsp3) is 0.136. The second-order valence-electron chi connectivity index (χ2n) is 6.73. The van der Waals surface area contributed by atoms with Crippen molar-refractivity contribution in [2.24, 2.45) is 7.05 Å². The molecule has 1 aromatic heterocycles. The monoisotopic (exact) mass is 407 g/mol. The van der Waals surface area contributed by atoms with E-state index in [-0.39, 0.29) is 17.3 Å². The van der Waals surface area contributed by atoms with E-state index >= 15 is 0 Å². The van der Waals surface area contributed by atoms with Crippen molar-refractivity contribution >= 4 is 45.0 Å². The van der Waals surface area contributed by atoms with Gasteiger partial charge in [-0.15, -0.1) is 0 Å². The topological polar surface area (TPSA) is 64.0 Å². The highest BCUT2D eigenvalue weighted by Crippen LogP contribution is 2.25. The molecule has 1 N–H and O–H groups in total. The third-order valence-corrected chi connectivity index (χ3v) is 5.81. The second kappa shape index (κ2) is 7.67. The first-order valence-electron chi connectivity index (χ1n) is 9.05. The van der Waals surface area contributed by atoms with Crippen molar-refractivity contribution in [3.63, 3.8) is 0 Å². The fourth-order valence-electron chi connectivity index (χ4n) is 3.03. The molecule has 5 nitrogen and oxygen atoms in total. The minimum absolute atomic E-state index is 0.158. The van der Waals surface area contributed by atoms with Gasteiger partial charge in [-0.2, -0.15) is 0 Å². The molecule has 0 aliphatic carbocycles. The highest BCUT2D eigenvalue weighted by atomic mass is 32.2. The molecule has 1 heterocycles. The van der Waals surface area contributed by atoms with E-state index in [4.69, 9.17) is 0 Å². The lowest BCUT2D eigenvalue weighted by molar-refractivity contribution is -0.115. The van der Waals surface area contributed by atoms with Crippen LogP contribution in [0.2, 0.25) is 0 Å². The Kier molecular flexibility index (Phi) is 5.07. The number of rotatable bonds is 4. The molecular formula is C22H18FN3O2S. The maximum atomic E-state index is 13.0. The molecule has 1 amide bonds. The number of hydrogen-bond donors (Lipinski definition) is 1. The average Bonchev–Trinajstić information content (AvgIpc) is 2.72. The van der Waals surface area contributed by atoms with Gasteiger partial charge in [0.05, 0.1) is 16.2 Å². The first kappa shape index (κ1) is 19.1. The smallest absolute Gasteiger partial charge is 0.261 e. The molecular weight excluding hydrogens is 389 g/mol. The van der Waals surface area contributed by atoms with E-state index in [0.29, 0.717) is 21.7 Å². The Balaban J connectivity index is 1.63. The van der Waals surface area contributed by atoms with Gasteiger partial charge in [0, 0.05) is 12.7 Å². The van der Waals surface area contributed by atoms with Gasteiger partial charge < -0.3 is 5.32 Å². The third-order valence-electron chi connectivity index (χ3n) is 4.67. The fourth-order valence-corrected chi connectivity index (χ4v) is 3.91. The SMILES string of the molecule is C[C@H](Sc1nc2cc3ccccc3cc2c(=O)n1C)C(=O)Nc1ccc(F)cc1. The van der Waals surface area contributed by atoms with Crippen molar-refractivity contribution in [1.29, 1.82) is 0 Å². The van der Waals surface area contributed by atoms with Gasteiger partial charge in [-0.05, 0) is 54.1 Å². The van der Waals surface area contributed by atoms with Crippen molar-refractivity contribution in [2.45, 2.75) is 17.3 Å². The molecule has 29 heavy (non-hydrogen) atoms. The van der Waals surface area contributed by atoms with Crippen LogP contribution in [0.5, 0.6) is 0 Å². The maximum Gasteiger partial charge on any atom is 0.261 e. The predicted molar refractivity (Wildman–Crippen MR) is 115 cm³/mol. The van der Waals surface area contributed by atoms with Gasteiger partial charge in [0.2, 0.25) is 5.91 Å². The molecule has 0 saturated carbocycles. The van der Waals surface area contributed by atoms with Crippen LogP contribution in [0.25, 0.3) is 21.7 Å². The lowest BCUT2D eigenvalue weighted by Gasteiger charge is -2.14. The Morgan fingerprint density at radius 2 is 1.76 bits per heavy atom. The molecule has 0 spiro atoms. The lowest BCUT2D eigenvalue weighted by Crippen LogP contribution is -2.25. The van der Waals surface area contributed by atoms with Crippen LogP contribution in [0.3, 0.4) is 0 Å². The van der Waals surface area contributed by atoms with Crippen LogP contribution < -0.4 is 10.9 Å². The van der Waals surface area contributed by atoms with Crippen LogP contribution in [-0.4, -0.2) is 20.7 Å². The Labute approximate surface area is 170 Å². The summed E-state index contributed by atoms with van der Waals surface area (Å²) in [6.45, 7) is 1.74. The van der Waals surface area contributed by atoms with Gasteiger partial charge in [-0.25, -0.2) is 9.37 Å². The number of carbonyl (C=O) groups is 1. The van der Waals surface area contributed by atoms with E-state index in [0.717, 1.165) is 10.8 Å². The van der Waals surface area contributed by atoms with Crippen LogP contribution in [0.15, 0.2) is 70.6 Å². The molecule has 3 aromatic carbocycles. The zero-order valence-corrected chi connectivity index (χ0v) is 16.7. The summed E-state index contributed by atoms with van der Waals surface area (Å²) in [4.78, 5) is 30.0. The van der Waals surface area contributed by atoms with Gasteiger partial charge in [0.25, 0.3) is 5.56 Å². The molecule has 4 aromatic rings. The number of halogens is 1. The van der Waals surface area contributed by atoms with E-state index in [2.05, 4.69) is 10.3 Å². The Hall–Kier alpha value is -3.19. The van der Waals surface area contributed by atoms with Gasteiger partial charge in [-0.3, -0.25) is 14.2 Å². The summed E-state index contributed by atoms with van der Waals surface area (Å²) in [7, 11) is 1.65. The van der Waals surface area contributed by atoms with Gasteiger partial charge in [0.1, 0.15) is 5.82 Å². The van der Waals surface area contributed by atoms with Crippen molar-refractivity contribution in [3.8, 4) is 0 Å². The summed E-state index contributed by atoms with van der Waals surface area (Å²) >= 11 is 1.20. The highest BCUT2D eigenvalue weighted by molar-refractivity contribution is 8.00. The van der Waals surface area contributed by atoms with Crippen LogP contribution in [0.4, 0.5) is 10.1 Å². The molecule has 0 saturated heterocycles. The molecule has 1 atom stereocenters. The average molecular weight is 407 g/mol. The number of fused-ring (bicyclic) bond motifs is 2. The van der Waals surface area contributed by atoms with E-state index in [9.17, 15) is 14.0 Å². The second-order valence-corrected chi connectivity index (χ2v) is 8.04. The number of anilines is 1. The molecule has 0 fully saturated rings. The van der Waals surface area contributed by atoms with Crippen molar-refractivity contribution < 1.29 is 9.18 Å². The quantitative estimate of drug-likeness (QED) is 0.310. The minimum Gasteiger partial charge on any atom is -0.325 e. The van der Waals surface area contributed by atoms with Crippen LogP contribution in [-0.2, 0) is 11.8 Å². The molecule has 0 aliphatic heterocycles. The molecule has 4 rings (SSSR count). The number of hydrogen-bond acceptors (Lipinski definition) is 4. The largest absolute Gasteiger partial charge is 0.325 e. The minimum atomic E-state index is -0.504. The summed E-state index contributed by atoms with van der Waals surface area (Å²) in [6, 6.07) is 17.1. The number of aromatic nitrogens is 2. The Morgan fingerprint density at radius 1 is 1.10 bits per heavy atom. The third kappa shape index (κ3) is 3.86. The van der Waals surface area contributed by atoms with Crippen LogP contribution in [0, 0.1) is 5.82 Å². The highest BCUT2D eigenvalue weighted by Gasteiger charge is 2.19. The van der Waals surface area contributed by atoms with Crippen molar-refractivity contribution in [2.75, 3.05) is 5.32 Å². The normalized spacial score (nSPS) is 12.2. The number of amides is 1. The molecule has 0 radical (unpaired) electrons. The van der Waals surface area contributed by atoms with E-state index in [1.165, 1.54) is 40.6 Å². The van der Waals surface area contributed by atoms with Crippen molar-refractivity contribution in [3.05, 3.63) is 76.8 Å². The number of nitrogens with one attached hydrogen (secondary N) is 1. The summed E-state index contributed by atoms with van der Waals surface area (Å²) in [6.07, 6.45) is 0. The van der Waals surface area contributed by atoms with Gasteiger partial charge >= 0.3 is 0 Å². The van der Waals surface area contributed by atoms with E-state index < -0.39 is 5.25 Å². The number of carbonyl (C=O) groups excluding carboxylic acids is 1. The molecule has 0 aliphatic rings.